The highest BCUT2D eigenvalue weighted by atomic mass is 35.5. The summed E-state index contributed by atoms with van der Waals surface area (Å²) in [5.74, 6) is -2.01. The van der Waals surface area contributed by atoms with Crippen molar-refractivity contribution in [3.8, 4) is 11.5 Å². The summed E-state index contributed by atoms with van der Waals surface area (Å²) >= 11 is 6.38. The second-order valence-electron chi connectivity index (χ2n) is 7.86. The molecule has 0 atom stereocenters. The first kappa shape index (κ1) is 25.6. The Balaban J connectivity index is 1.47. The molecule has 0 unspecified atom stereocenters. The zero-order valence-corrected chi connectivity index (χ0v) is 20.1. The van der Waals surface area contributed by atoms with E-state index in [9.17, 15) is 23.2 Å². The quantitative estimate of drug-likeness (QED) is 0.326. The Hall–Kier alpha value is -4.44. The highest BCUT2D eigenvalue weighted by Crippen LogP contribution is 2.37. The van der Waals surface area contributed by atoms with E-state index < -0.39 is 30.2 Å². The molecule has 0 saturated carbocycles. The van der Waals surface area contributed by atoms with E-state index >= 15 is 0 Å². The molecule has 0 spiro atoms. The number of halogens is 3. The average molecular weight is 528 g/mol. The fraction of sp³-hybridized carbons (Fsp3) is 0.115. The number of benzene rings is 3. The van der Waals surface area contributed by atoms with E-state index in [0.29, 0.717) is 16.0 Å². The summed E-state index contributed by atoms with van der Waals surface area (Å²) in [6.07, 6.45) is 1.37. The Morgan fingerprint density at radius 1 is 1.11 bits per heavy atom. The summed E-state index contributed by atoms with van der Waals surface area (Å²) in [6, 6.07) is 13.5. The van der Waals surface area contributed by atoms with E-state index in [0.717, 1.165) is 0 Å². The van der Waals surface area contributed by atoms with Crippen molar-refractivity contribution < 1.29 is 32.6 Å². The molecular weight excluding hydrogens is 508 g/mol. The first-order valence-corrected chi connectivity index (χ1v) is 11.3. The molecule has 0 bridgehead atoms. The monoisotopic (exact) mass is 527 g/mol. The molecule has 0 aliphatic carbocycles. The highest BCUT2D eigenvalue weighted by Gasteiger charge is 2.35. The molecule has 4 rings (SSSR count). The summed E-state index contributed by atoms with van der Waals surface area (Å²) in [4.78, 5) is 38.1. The molecule has 1 heterocycles. The molecule has 1 aliphatic heterocycles. The van der Waals surface area contributed by atoms with Crippen LogP contribution in [0.15, 0.2) is 66.4 Å². The van der Waals surface area contributed by atoms with Crippen molar-refractivity contribution >= 4 is 41.2 Å². The van der Waals surface area contributed by atoms with Crippen LogP contribution in [0.25, 0.3) is 6.08 Å². The third-order valence-electron chi connectivity index (χ3n) is 5.27. The third kappa shape index (κ3) is 6.04. The van der Waals surface area contributed by atoms with Gasteiger partial charge in [0.1, 0.15) is 30.5 Å². The van der Waals surface area contributed by atoms with E-state index in [1.54, 1.807) is 18.2 Å². The van der Waals surface area contributed by atoms with Gasteiger partial charge >= 0.3 is 6.03 Å². The first-order valence-electron chi connectivity index (χ1n) is 10.9. The van der Waals surface area contributed by atoms with Crippen LogP contribution in [0.5, 0.6) is 11.5 Å². The second kappa shape index (κ2) is 11.1. The summed E-state index contributed by atoms with van der Waals surface area (Å²) < 4.78 is 38.0. The lowest BCUT2D eigenvalue weighted by Crippen LogP contribution is -2.38. The molecule has 11 heteroatoms. The Labute approximate surface area is 215 Å². The first-order chi connectivity index (χ1) is 17.7. The molecular formula is C26H20ClF2N3O5. The molecule has 37 heavy (non-hydrogen) atoms. The van der Waals surface area contributed by atoms with Crippen molar-refractivity contribution in [3.63, 3.8) is 0 Å². The zero-order valence-electron chi connectivity index (χ0n) is 19.4. The molecule has 8 nitrogen and oxygen atoms in total. The topological polar surface area (TPSA) is 97.0 Å². The van der Waals surface area contributed by atoms with Crippen LogP contribution in [0.1, 0.15) is 11.1 Å². The van der Waals surface area contributed by atoms with Crippen LogP contribution in [0.4, 0.5) is 19.3 Å². The lowest BCUT2D eigenvalue weighted by atomic mass is 10.1. The number of anilines is 1. The lowest BCUT2D eigenvalue weighted by Gasteiger charge is -2.14. The van der Waals surface area contributed by atoms with E-state index in [-0.39, 0.29) is 40.3 Å². The maximum Gasteiger partial charge on any atom is 0.329 e. The minimum Gasteiger partial charge on any atom is -0.493 e. The molecule has 3 aromatic carbocycles. The van der Waals surface area contributed by atoms with Gasteiger partial charge in [0.15, 0.2) is 11.5 Å². The van der Waals surface area contributed by atoms with Gasteiger partial charge in [0, 0.05) is 0 Å². The van der Waals surface area contributed by atoms with Crippen LogP contribution in [-0.4, -0.2) is 36.4 Å². The summed E-state index contributed by atoms with van der Waals surface area (Å²) in [5, 5.41) is 4.90. The fourth-order valence-electron chi connectivity index (χ4n) is 3.48. The summed E-state index contributed by atoms with van der Waals surface area (Å²) in [5.41, 5.74) is 0.960. The van der Waals surface area contributed by atoms with Gasteiger partial charge in [-0.1, -0.05) is 35.9 Å². The summed E-state index contributed by atoms with van der Waals surface area (Å²) in [6.45, 7) is -0.508. The molecule has 2 N–H and O–H groups in total. The van der Waals surface area contributed by atoms with Gasteiger partial charge in [0.25, 0.3) is 5.91 Å². The van der Waals surface area contributed by atoms with E-state index in [1.165, 1.54) is 55.7 Å². The van der Waals surface area contributed by atoms with E-state index in [4.69, 9.17) is 21.1 Å². The van der Waals surface area contributed by atoms with Gasteiger partial charge in [-0.3, -0.25) is 9.59 Å². The van der Waals surface area contributed by atoms with Crippen LogP contribution in [0.3, 0.4) is 0 Å². The number of methoxy groups -OCH3 is 1. The maximum atomic E-state index is 13.8. The number of hydrogen-bond acceptors (Lipinski definition) is 5. The van der Waals surface area contributed by atoms with Crippen molar-refractivity contribution in [3.05, 3.63) is 94.1 Å². The molecule has 1 aliphatic rings. The number of carbonyl (C=O) groups excluding carboxylic acids is 3. The maximum absolute atomic E-state index is 13.8. The van der Waals surface area contributed by atoms with Crippen molar-refractivity contribution in [2.75, 3.05) is 19.0 Å². The number of hydrogen-bond donors (Lipinski definition) is 2. The van der Waals surface area contributed by atoms with Crippen LogP contribution >= 0.6 is 11.6 Å². The molecule has 4 amide bonds. The van der Waals surface area contributed by atoms with Crippen molar-refractivity contribution in [2.24, 2.45) is 0 Å². The van der Waals surface area contributed by atoms with E-state index in [1.807, 2.05) is 0 Å². The zero-order chi connectivity index (χ0) is 26.5. The number of para-hydroxylation sites is 1. The van der Waals surface area contributed by atoms with Gasteiger partial charge < -0.3 is 20.1 Å². The second-order valence-corrected chi connectivity index (χ2v) is 8.26. The summed E-state index contributed by atoms with van der Waals surface area (Å²) in [7, 11) is 1.41. The van der Waals surface area contributed by atoms with Gasteiger partial charge in [-0.15, -0.1) is 0 Å². The number of ether oxygens (including phenoxy) is 2. The van der Waals surface area contributed by atoms with Crippen LogP contribution in [0.2, 0.25) is 5.02 Å². The molecule has 3 aromatic rings. The van der Waals surface area contributed by atoms with Crippen molar-refractivity contribution in [1.29, 1.82) is 0 Å². The highest BCUT2D eigenvalue weighted by molar-refractivity contribution is 6.32. The predicted molar refractivity (Wildman–Crippen MR) is 132 cm³/mol. The van der Waals surface area contributed by atoms with E-state index in [2.05, 4.69) is 10.6 Å². The lowest BCUT2D eigenvalue weighted by molar-refractivity contribution is -0.127. The van der Waals surface area contributed by atoms with Crippen molar-refractivity contribution in [1.82, 2.24) is 10.2 Å². The number of amides is 4. The molecule has 190 valence electrons. The van der Waals surface area contributed by atoms with Gasteiger partial charge in [-0.25, -0.2) is 18.5 Å². The predicted octanol–water partition coefficient (Wildman–Crippen LogP) is 4.74. The minimum atomic E-state index is -0.808. The average Bonchev–Trinajstić information content (AvgIpc) is 3.12. The van der Waals surface area contributed by atoms with Crippen LogP contribution in [-0.2, 0) is 16.2 Å². The number of imide groups is 1. The van der Waals surface area contributed by atoms with Crippen LogP contribution < -0.4 is 20.1 Å². The molecule has 1 saturated heterocycles. The number of nitrogens with zero attached hydrogens (tertiary/aromatic N) is 1. The largest absolute Gasteiger partial charge is 0.493 e. The minimum absolute atomic E-state index is 0.0706. The molecule has 0 radical (unpaired) electrons. The van der Waals surface area contributed by atoms with Gasteiger partial charge in [-0.2, -0.15) is 0 Å². The Kier molecular flexibility index (Phi) is 7.69. The normalized spacial score (nSPS) is 14.1. The third-order valence-corrected chi connectivity index (χ3v) is 5.55. The Bertz CT molecular complexity index is 1400. The Morgan fingerprint density at radius 2 is 1.84 bits per heavy atom. The number of rotatable bonds is 8. The number of urea groups is 1. The fourth-order valence-corrected chi connectivity index (χ4v) is 3.75. The number of nitrogens with one attached hydrogen (secondary N) is 2. The van der Waals surface area contributed by atoms with Gasteiger partial charge in [0.05, 0.1) is 17.8 Å². The Morgan fingerprint density at radius 3 is 2.54 bits per heavy atom. The number of carbonyl (C=O) groups is 3. The molecule has 1 fully saturated rings. The smallest absolute Gasteiger partial charge is 0.329 e. The van der Waals surface area contributed by atoms with Gasteiger partial charge in [0.2, 0.25) is 5.91 Å². The van der Waals surface area contributed by atoms with Gasteiger partial charge in [-0.05, 0) is 53.6 Å². The van der Waals surface area contributed by atoms with Crippen LogP contribution in [0, 0.1) is 11.6 Å². The molecule has 0 aromatic heterocycles. The standard InChI is InChI=1S/C26H20ClF2N3O5/c1-36-22-12-16(10-18(27)24(22)37-14-15-6-8-17(28)9-7-15)11-21-25(34)32(26(35)31-21)13-23(33)30-20-5-3-2-4-19(20)29/h2-12H,13-14H2,1H3,(H,30,33)(H,31,35)/b21-11+. The SMILES string of the molecule is COc1cc(/C=C2/NC(=O)N(CC(=O)Nc3ccccc3F)C2=O)cc(Cl)c1OCc1ccc(F)cc1. The van der Waals surface area contributed by atoms with Crippen molar-refractivity contribution in [2.45, 2.75) is 6.61 Å².